The van der Waals surface area contributed by atoms with E-state index in [-0.39, 0.29) is 5.75 Å². The monoisotopic (exact) mass is 284 g/mol. The van der Waals surface area contributed by atoms with Gasteiger partial charge in [-0.25, -0.2) is 4.79 Å². The van der Waals surface area contributed by atoms with Crippen LogP contribution in [0.2, 0.25) is 0 Å². The van der Waals surface area contributed by atoms with E-state index in [0.717, 1.165) is 0 Å². The fourth-order valence-corrected chi connectivity index (χ4v) is 1.71. The molecule has 1 rings (SSSR count). The van der Waals surface area contributed by atoms with Gasteiger partial charge in [0, 0.05) is 5.75 Å². The van der Waals surface area contributed by atoms with Crippen LogP contribution in [0, 0.1) is 0 Å². The molecule has 2 unspecified atom stereocenters. The van der Waals surface area contributed by atoms with Crippen LogP contribution in [0.4, 0.5) is 0 Å². The van der Waals surface area contributed by atoms with Gasteiger partial charge in [0.05, 0.1) is 11.7 Å². The largest absolute Gasteiger partial charge is 0.456 e. The third-order valence-corrected chi connectivity index (χ3v) is 2.79. The molecule has 0 spiro atoms. The molecule has 0 aliphatic heterocycles. The summed E-state index contributed by atoms with van der Waals surface area (Å²) in [5.41, 5.74) is 0.235. The first-order valence-corrected chi connectivity index (χ1v) is 6.68. The van der Waals surface area contributed by atoms with Crippen LogP contribution in [0.1, 0.15) is 42.8 Å². The minimum Gasteiger partial charge on any atom is -0.456 e. The summed E-state index contributed by atoms with van der Waals surface area (Å²) in [7, 11) is 0. The van der Waals surface area contributed by atoms with E-state index >= 15 is 0 Å². The Balaban J connectivity index is 2.91. The Morgan fingerprint density at radius 1 is 1.37 bits per heavy atom. The van der Waals surface area contributed by atoms with Crippen molar-refractivity contribution in [1.29, 1.82) is 0 Å². The highest BCUT2D eigenvalue weighted by molar-refractivity contribution is 7.80. The smallest absolute Gasteiger partial charge is 0.338 e. The Bertz CT molecular complexity index is 439. The second kappa shape index (κ2) is 6.41. The van der Waals surface area contributed by atoms with E-state index < -0.39 is 23.8 Å². The third-order valence-electron chi connectivity index (χ3n) is 2.41. The highest BCUT2D eigenvalue weighted by Crippen LogP contribution is 2.20. The zero-order valence-electron chi connectivity index (χ0n) is 11.3. The summed E-state index contributed by atoms with van der Waals surface area (Å²) in [6.45, 7) is 5.36. The SMILES string of the molecule is CC(C)(C)OC(=O)c1cccc(C(O)C(O)CS)c1. The summed E-state index contributed by atoms with van der Waals surface area (Å²) in [5, 5.41) is 19.4. The number of hydrogen-bond acceptors (Lipinski definition) is 5. The van der Waals surface area contributed by atoms with Crippen molar-refractivity contribution < 1.29 is 19.7 Å². The molecule has 0 radical (unpaired) electrons. The molecule has 1 aromatic rings. The van der Waals surface area contributed by atoms with E-state index in [1.165, 1.54) is 6.07 Å². The van der Waals surface area contributed by atoms with E-state index in [9.17, 15) is 15.0 Å². The molecule has 5 heteroatoms. The van der Waals surface area contributed by atoms with Gasteiger partial charge in [-0.1, -0.05) is 12.1 Å². The van der Waals surface area contributed by atoms with Crippen LogP contribution < -0.4 is 0 Å². The molecular formula is C14H20O4S. The van der Waals surface area contributed by atoms with Crippen molar-refractivity contribution in [2.75, 3.05) is 5.75 Å². The highest BCUT2D eigenvalue weighted by atomic mass is 32.1. The Morgan fingerprint density at radius 3 is 2.53 bits per heavy atom. The normalized spacial score (nSPS) is 14.8. The van der Waals surface area contributed by atoms with Gasteiger partial charge >= 0.3 is 5.97 Å². The lowest BCUT2D eigenvalue weighted by Gasteiger charge is -2.20. The molecule has 2 N–H and O–H groups in total. The number of hydrogen-bond donors (Lipinski definition) is 3. The van der Waals surface area contributed by atoms with Gasteiger partial charge in [0.25, 0.3) is 0 Å². The second-order valence-electron chi connectivity index (χ2n) is 5.32. The molecular weight excluding hydrogens is 264 g/mol. The number of rotatable bonds is 4. The number of esters is 1. The molecule has 0 aliphatic rings. The molecule has 0 heterocycles. The van der Waals surface area contributed by atoms with Crippen molar-refractivity contribution >= 4 is 18.6 Å². The molecule has 19 heavy (non-hydrogen) atoms. The van der Waals surface area contributed by atoms with E-state index in [0.29, 0.717) is 11.1 Å². The first-order valence-electron chi connectivity index (χ1n) is 6.05. The lowest BCUT2D eigenvalue weighted by molar-refractivity contribution is 0.00677. The maximum Gasteiger partial charge on any atom is 0.338 e. The molecule has 0 saturated heterocycles. The number of carbonyl (C=O) groups excluding carboxylic acids is 1. The van der Waals surface area contributed by atoms with Crippen LogP contribution in [-0.4, -0.2) is 33.6 Å². The predicted octanol–water partition coefficient (Wildman–Crippen LogP) is 1.97. The second-order valence-corrected chi connectivity index (χ2v) is 5.69. The lowest BCUT2D eigenvalue weighted by Crippen LogP contribution is -2.24. The molecule has 0 bridgehead atoms. The maximum absolute atomic E-state index is 11.9. The van der Waals surface area contributed by atoms with Gasteiger partial charge in [-0.2, -0.15) is 12.6 Å². The minimum atomic E-state index is -1.07. The van der Waals surface area contributed by atoms with Gasteiger partial charge in [-0.3, -0.25) is 0 Å². The van der Waals surface area contributed by atoms with Gasteiger partial charge in [-0.15, -0.1) is 0 Å². The van der Waals surface area contributed by atoms with Gasteiger partial charge in [-0.05, 0) is 38.5 Å². The van der Waals surface area contributed by atoms with Crippen LogP contribution in [0.25, 0.3) is 0 Å². The summed E-state index contributed by atoms with van der Waals surface area (Å²) < 4.78 is 5.25. The number of thiol groups is 1. The first-order chi connectivity index (χ1) is 8.74. The van der Waals surface area contributed by atoms with E-state index in [1.807, 2.05) is 0 Å². The van der Waals surface area contributed by atoms with Crippen molar-refractivity contribution in [3.63, 3.8) is 0 Å². The quantitative estimate of drug-likeness (QED) is 0.584. The Labute approximate surface area is 118 Å². The fourth-order valence-electron chi connectivity index (χ4n) is 1.51. The molecule has 0 fully saturated rings. The van der Waals surface area contributed by atoms with Gasteiger partial charge < -0.3 is 14.9 Å². The van der Waals surface area contributed by atoms with E-state index in [1.54, 1.807) is 39.0 Å². The van der Waals surface area contributed by atoms with Crippen LogP contribution in [0.5, 0.6) is 0 Å². The number of benzene rings is 1. The van der Waals surface area contributed by atoms with Crippen molar-refractivity contribution in [2.45, 2.75) is 38.6 Å². The van der Waals surface area contributed by atoms with E-state index in [4.69, 9.17) is 4.74 Å². The number of carbonyl (C=O) groups is 1. The van der Waals surface area contributed by atoms with Gasteiger partial charge in [0.15, 0.2) is 0 Å². The highest BCUT2D eigenvalue weighted by Gasteiger charge is 2.21. The molecule has 1 aromatic carbocycles. The summed E-state index contributed by atoms with van der Waals surface area (Å²) in [4.78, 5) is 11.9. The number of aliphatic hydroxyl groups excluding tert-OH is 2. The zero-order valence-corrected chi connectivity index (χ0v) is 12.2. The molecule has 0 amide bonds. The maximum atomic E-state index is 11.9. The van der Waals surface area contributed by atoms with Crippen LogP contribution in [0.15, 0.2) is 24.3 Å². The molecule has 0 aliphatic carbocycles. The number of ether oxygens (including phenoxy) is 1. The van der Waals surface area contributed by atoms with Crippen molar-refractivity contribution in [1.82, 2.24) is 0 Å². The van der Waals surface area contributed by atoms with Crippen LogP contribution in [0.3, 0.4) is 0 Å². The third kappa shape index (κ3) is 4.86. The lowest BCUT2D eigenvalue weighted by atomic mass is 10.0. The summed E-state index contributed by atoms with van der Waals surface area (Å²) in [6, 6.07) is 6.41. The zero-order chi connectivity index (χ0) is 14.6. The summed E-state index contributed by atoms with van der Waals surface area (Å²) in [5.74, 6) is -0.320. The number of aliphatic hydroxyl groups is 2. The fraction of sp³-hybridized carbons (Fsp3) is 0.500. The molecule has 106 valence electrons. The minimum absolute atomic E-state index is 0.137. The predicted molar refractivity (Wildman–Crippen MR) is 76.4 cm³/mol. The molecule has 0 saturated carbocycles. The van der Waals surface area contributed by atoms with Crippen molar-refractivity contribution in [2.24, 2.45) is 0 Å². The summed E-state index contributed by atoms with van der Waals surface area (Å²) in [6.07, 6.45) is -2.04. The van der Waals surface area contributed by atoms with Crippen molar-refractivity contribution in [3.8, 4) is 0 Å². The van der Waals surface area contributed by atoms with Gasteiger partial charge in [0.2, 0.25) is 0 Å². The average molecular weight is 284 g/mol. The molecule has 4 nitrogen and oxygen atoms in total. The Morgan fingerprint density at radius 2 is 2.00 bits per heavy atom. The Kier molecular flexibility index (Phi) is 5.40. The van der Waals surface area contributed by atoms with Crippen molar-refractivity contribution in [3.05, 3.63) is 35.4 Å². The molecule has 2 atom stereocenters. The topological polar surface area (TPSA) is 66.8 Å². The van der Waals surface area contributed by atoms with Gasteiger partial charge in [0.1, 0.15) is 11.7 Å². The van der Waals surface area contributed by atoms with Crippen LogP contribution in [-0.2, 0) is 4.74 Å². The first kappa shape index (κ1) is 16.0. The Hall–Kier alpha value is -1.04. The van der Waals surface area contributed by atoms with Crippen LogP contribution >= 0.6 is 12.6 Å². The molecule has 0 aromatic heterocycles. The summed E-state index contributed by atoms with van der Waals surface area (Å²) >= 11 is 3.93. The standard InChI is InChI=1S/C14H20O4S/c1-14(2,3)18-13(17)10-6-4-5-9(7-10)12(16)11(15)8-19/h4-7,11-12,15-16,19H,8H2,1-3H3. The van der Waals surface area contributed by atoms with E-state index in [2.05, 4.69) is 12.6 Å². The average Bonchev–Trinajstić information content (AvgIpc) is 2.35.